The first-order chi connectivity index (χ1) is 22.5. The van der Waals surface area contributed by atoms with E-state index in [1.54, 1.807) is 12.1 Å². The Kier molecular flexibility index (Phi) is 13.6. The number of hydrogen-bond acceptors (Lipinski definition) is 7. The van der Waals surface area contributed by atoms with E-state index in [0.29, 0.717) is 0 Å². The van der Waals surface area contributed by atoms with Crippen molar-refractivity contribution in [2.75, 3.05) is 6.61 Å². The van der Waals surface area contributed by atoms with Crippen molar-refractivity contribution < 1.29 is 28.5 Å². The van der Waals surface area contributed by atoms with Crippen molar-refractivity contribution in [1.29, 1.82) is 0 Å². The van der Waals surface area contributed by atoms with E-state index in [-0.39, 0.29) is 33.0 Å². The predicted molar refractivity (Wildman–Crippen MR) is 172 cm³/mol. The third-order valence-corrected chi connectivity index (χ3v) is 7.01. The molecule has 238 valence electrons. The van der Waals surface area contributed by atoms with E-state index in [4.69, 9.17) is 24.7 Å². The molecule has 0 saturated heterocycles. The maximum absolute atomic E-state index is 13.2. The molecule has 3 N–H and O–H groups in total. The minimum Gasteiger partial charge on any atom is -0.445 e. The molecule has 0 aliphatic heterocycles. The molecule has 0 radical (unpaired) electrons. The number of carbonyl (C=O) groups is 2. The topological polar surface area (TPSA) is 158 Å². The third-order valence-electron chi connectivity index (χ3n) is 7.01. The first-order valence-corrected chi connectivity index (χ1v) is 14.8. The third kappa shape index (κ3) is 11.1. The van der Waals surface area contributed by atoms with E-state index in [1.165, 1.54) is 0 Å². The summed E-state index contributed by atoms with van der Waals surface area (Å²) in [4.78, 5) is 28.7. The molecule has 0 aliphatic rings. The lowest BCUT2D eigenvalue weighted by Crippen LogP contribution is -2.59. The first-order valence-electron chi connectivity index (χ1n) is 14.8. The maximum Gasteiger partial charge on any atom is 0.407 e. The maximum atomic E-state index is 13.2. The summed E-state index contributed by atoms with van der Waals surface area (Å²) in [6, 6.07) is 34.7. The van der Waals surface area contributed by atoms with E-state index in [9.17, 15) is 15.1 Å². The van der Waals surface area contributed by atoms with Crippen molar-refractivity contribution in [3.8, 4) is 0 Å². The van der Waals surface area contributed by atoms with E-state index in [2.05, 4.69) is 15.3 Å². The highest BCUT2D eigenvalue weighted by atomic mass is 16.6. The summed E-state index contributed by atoms with van der Waals surface area (Å²) in [5, 5.41) is 6.35. The minimum absolute atomic E-state index is 0.000176. The van der Waals surface area contributed by atoms with Crippen LogP contribution < -0.4 is 11.1 Å². The fourth-order valence-corrected chi connectivity index (χ4v) is 4.69. The smallest absolute Gasteiger partial charge is 0.407 e. The van der Waals surface area contributed by atoms with Gasteiger partial charge in [-0.15, -0.1) is 0 Å². The van der Waals surface area contributed by atoms with Crippen LogP contribution in [-0.4, -0.2) is 42.9 Å². The predicted octanol–water partition coefficient (Wildman–Crippen LogP) is 5.83. The van der Waals surface area contributed by atoms with E-state index < -0.39 is 36.3 Å². The average molecular weight is 624 g/mol. The molecule has 0 fully saturated rings. The van der Waals surface area contributed by atoms with Gasteiger partial charge in [0.2, 0.25) is 5.91 Å². The summed E-state index contributed by atoms with van der Waals surface area (Å²) in [7, 11) is 0. The Balaban J connectivity index is 1.65. The molecule has 0 spiro atoms. The van der Waals surface area contributed by atoms with Crippen molar-refractivity contribution in [3.05, 3.63) is 154 Å². The summed E-state index contributed by atoms with van der Waals surface area (Å²) in [6.07, 6.45) is -2.83. The molecule has 11 heteroatoms. The van der Waals surface area contributed by atoms with E-state index in [0.717, 1.165) is 22.3 Å². The summed E-state index contributed by atoms with van der Waals surface area (Å²) in [5.41, 5.74) is 18.5. The van der Waals surface area contributed by atoms with Gasteiger partial charge in [-0.25, -0.2) is 4.79 Å². The van der Waals surface area contributed by atoms with Gasteiger partial charge in [0, 0.05) is 4.91 Å². The molecule has 4 aromatic rings. The number of nitrogens with zero attached hydrogens (tertiary/aromatic N) is 3. The zero-order valence-corrected chi connectivity index (χ0v) is 25.3. The Hall–Kier alpha value is -5.19. The molecule has 4 aromatic carbocycles. The second kappa shape index (κ2) is 18.6. The number of nitrogens with two attached hydrogens (primary N) is 1. The Bertz CT molecular complexity index is 1520. The van der Waals surface area contributed by atoms with Crippen molar-refractivity contribution in [2.45, 2.75) is 50.7 Å². The fourth-order valence-electron chi connectivity index (χ4n) is 4.69. The molecule has 0 unspecified atom stereocenters. The summed E-state index contributed by atoms with van der Waals surface area (Å²) in [6.45, 7) is 0.476. The van der Waals surface area contributed by atoms with Crippen LogP contribution in [0.3, 0.4) is 0 Å². The van der Waals surface area contributed by atoms with Gasteiger partial charge in [0.05, 0.1) is 32.5 Å². The van der Waals surface area contributed by atoms with Gasteiger partial charge < -0.3 is 30.0 Å². The standard InChI is InChI=1S/C35H37N5O6/c36-34(41)32(39-40-37)31(38-35(42)46-24-29-19-11-4-12-20-29)33(45-23-28-17-9-3-10-18-28)30(44-22-27-15-7-2-8-16-27)25-43-21-26-13-5-1-6-14-26/h1-20,30-33H,21-25H2,(H2,36,41)(H,38,42)/t30-,31-,32+,33-/m1/s1. The van der Waals surface area contributed by atoms with Crippen molar-refractivity contribution >= 4 is 12.0 Å². The van der Waals surface area contributed by atoms with Gasteiger partial charge in [0.25, 0.3) is 0 Å². The Labute approximate surface area is 267 Å². The molecular weight excluding hydrogens is 586 g/mol. The highest BCUT2D eigenvalue weighted by Crippen LogP contribution is 2.20. The number of azide groups is 1. The second-order valence-corrected chi connectivity index (χ2v) is 10.4. The molecule has 4 atom stereocenters. The highest BCUT2D eigenvalue weighted by Gasteiger charge is 2.40. The molecule has 0 saturated carbocycles. The SMILES string of the molecule is [N-]=[N+]=N[C@H](C(N)=O)[C@@H](NC(=O)OCc1ccccc1)[C@H](OCc1ccccc1)[C@@H](COCc1ccccc1)OCc1ccccc1. The first kappa shape index (κ1) is 33.7. The number of ether oxygens (including phenoxy) is 4. The largest absolute Gasteiger partial charge is 0.445 e. The minimum atomic E-state index is -1.55. The number of benzene rings is 4. The van der Waals surface area contributed by atoms with Crippen LogP contribution in [0.4, 0.5) is 4.79 Å². The van der Waals surface area contributed by atoms with Crippen LogP contribution in [0.15, 0.2) is 126 Å². The van der Waals surface area contributed by atoms with Crippen LogP contribution in [0, 0.1) is 0 Å². The molecule has 0 aliphatic carbocycles. The van der Waals surface area contributed by atoms with Gasteiger partial charge >= 0.3 is 6.09 Å². The lowest BCUT2D eigenvalue weighted by molar-refractivity contribution is -0.136. The molecular formula is C35H37N5O6. The zero-order chi connectivity index (χ0) is 32.4. The Morgan fingerprint density at radius 3 is 1.63 bits per heavy atom. The van der Waals surface area contributed by atoms with E-state index in [1.807, 2.05) is 109 Å². The van der Waals surface area contributed by atoms with Gasteiger partial charge in [-0.2, -0.15) is 0 Å². The normalized spacial score (nSPS) is 13.4. The number of amides is 2. The fraction of sp³-hybridized carbons (Fsp3) is 0.257. The number of alkyl carbamates (subject to hydrolysis) is 1. The number of nitrogens with one attached hydrogen (secondary N) is 1. The van der Waals surface area contributed by atoms with Crippen LogP contribution in [0.1, 0.15) is 22.3 Å². The highest BCUT2D eigenvalue weighted by molar-refractivity contribution is 5.82. The molecule has 0 aromatic heterocycles. The molecule has 11 nitrogen and oxygen atoms in total. The second-order valence-electron chi connectivity index (χ2n) is 10.4. The van der Waals surface area contributed by atoms with E-state index >= 15 is 0 Å². The summed E-state index contributed by atoms with van der Waals surface area (Å²) in [5.74, 6) is -0.966. The van der Waals surface area contributed by atoms with Crippen LogP contribution in [-0.2, 0) is 50.2 Å². The van der Waals surface area contributed by atoms with Gasteiger partial charge in [-0.05, 0) is 27.8 Å². The Morgan fingerprint density at radius 2 is 1.15 bits per heavy atom. The average Bonchev–Trinajstić information content (AvgIpc) is 3.09. The molecule has 4 rings (SSSR count). The van der Waals surface area contributed by atoms with Crippen molar-refractivity contribution in [3.63, 3.8) is 0 Å². The van der Waals surface area contributed by atoms with Crippen LogP contribution >= 0.6 is 0 Å². The van der Waals surface area contributed by atoms with Gasteiger partial charge in [-0.1, -0.05) is 126 Å². The number of hydrogen-bond donors (Lipinski definition) is 2. The van der Waals surface area contributed by atoms with Crippen LogP contribution in [0.2, 0.25) is 0 Å². The number of primary amides is 1. The zero-order valence-electron chi connectivity index (χ0n) is 25.3. The molecule has 2 amide bonds. The Morgan fingerprint density at radius 1 is 0.696 bits per heavy atom. The molecule has 46 heavy (non-hydrogen) atoms. The quantitative estimate of drug-likeness (QED) is 0.0806. The van der Waals surface area contributed by atoms with Crippen molar-refractivity contribution in [2.24, 2.45) is 10.8 Å². The van der Waals surface area contributed by atoms with Gasteiger partial charge in [0.1, 0.15) is 24.9 Å². The number of rotatable bonds is 18. The van der Waals surface area contributed by atoms with Crippen molar-refractivity contribution in [1.82, 2.24) is 5.32 Å². The monoisotopic (exact) mass is 623 g/mol. The lowest BCUT2D eigenvalue weighted by Gasteiger charge is -2.35. The summed E-state index contributed by atoms with van der Waals surface area (Å²) < 4.78 is 24.4. The molecule has 0 heterocycles. The molecule has 0 bridgehead atoms. The lowest BCUT2D eigenvalue weighted by atomic mass is 9.97. The van der Waals surface area contributed by atoms with Gasteiger partial charge in [0.15, 0.2) is 0 Å². The van der Waals surface area contributed by atoms with Crippen LogP contribution in [0.5, 0.6) is 0 Å². The number of carbonyl (C=O) groups excluding carboxylic acids is 2. The van der Waals surface area contributed by atoms with Crippen LogP contribution in [0.25, 0.3) is 10.4 Å². The summed E-state index contributed by atoms with van der Waals surface area (Å²) >= 11 is 0. The van der Waals surface area contributed by atoms with Gasteiger partial charge in [-0.3, -0.25) is 4.79 Å².